The van der Waals surface area contributed by atoms with E-state index >= 15 is 0 Å². The van der Waals surface area contributed by atoms with Gasteiger partial charge in [-0.3, -0.25) is 4.79 Å². The van der Waals surface area contributed by atoms with Gasteiger partial charge in [0.15, 0.2) is 5.54 Å². The molecule has 1 heterocycles. The lowest BCUT2D eigenvalue weighted by molar-refractivity contribution is -0.143. The normalized spacial score (nSPS) is 18.2. The Bertz CT molecular complexity index is 1650. The molecule has 1 N–H and O–H groups in total. The summed E-state index contributed by atoms with van der Waals surface area (Å²) in [7, 11) is 1.58. The van der Waals surface area contributed by atoms with E-state index in [1.807, 2.05) is 97.1 Å². The van der Waals surface area contributed by atoms with Crippen molar-refractivity contribution in [3.8, 4) is 11.5 Å². The summed E-state index contributed by atoms with van der Waals surface area (Å²) in [6.45, 7) is 0. The molecule has 1 aliphatic rings. The molecule has 0 unspecified atom stereocenters. The van der Waals surface area contributed by atoms with Gasteiger partial charge in [0.05, 0.1) is 7.11 Å². The van der Waals surface area contributed by atoms with Crippen molar-refractivity contribution in [1.82, 2.24) is 5.32 Å². The van der Waals surface area contributed by atoms with Crippen molar-refractivity contribution < 1.29 is 19.1 Å². The van der Waals surface area contributed by atoms with Gasteiger partial charge in [-0.05, 0) is 40.8 Å². The summed E-state index contributed by atoms with van der Waals surface area (Å²) in [4.78, 5) is 28.1. The van der Waals surface area contributed by atoms with Crippen LogP contribution in [-0.4, -0.2) is 24.5 Å². The Morgan fingerprint density at radius 1 is 0.821 bits per heavy atom. The second-order valence-electron chi connectivity index (χ2n) is 9.75. The van der Waals surface area contributed by atoms with Gasteiger partial charge in [0.1, 0.15) is 11.5 Å². The van der Waals surface area contributed by atoms with Gasteiger partial charge in [-0.2, -0.15) is 0 Å². The quantitative estimate of drug-likeness (QED) is 0.213. The number of esters is 1. The van der Waals surface area contributed by atoms with Crippen LogP contribution in [0.5, 0.6) is 11.5 Å². The fourth-order valence-electron chi connectivity index (χ4n) is 5.55. The highest BCUT2D eigenvalue weighted by Crippen LogP contribution is 2.48. The average Bonchev–Trinajstić information content (AvgIpc) is 2.99. The molecule has 0 spiro atoms. The van der Waals surface area contributed by atoms with Gasteiger partial charge >= 0.3 is 5.97 Å². The lowest BCUT2D eigenvalue weighted by atomic mass is 9.69. The van der Waals surface area contributed by atoms with E-state index in [4.69, 9.17) is 9.47 Å². The Morgan fingerprint density at radius 3 is 2.21 bits per heavy atom. The van der Waals surface area contributed by atoms with E-state index in [0.717, 1.165) is 27.5 Å². The summed E-state index contributed by atoms with van der Waals surface area (Å²) in [5.74, 6) is -0.177. The van der Waals surface area contributed by atoms with Gasteiger partial charge in [-0.15, -0.1) is 0 Å². The first-order valence-electron chi connectivity index (χ1n) is 12.9. The maximum Gasteiger partial charge on any atom is 0.338 e. The molecular formula is C34H27NO4. The van der Waals surface area contributed by atoms with Crippen LogP contribution in [0.3, 0.4) is 0 Å². The van der Waals surface area contributed by atoms with Crippen molar-refractivity contribution in [1.29, 1.82) is 0 Å². The van der Waals surface area contributed by atoms with Gasteiger partial charge in [-0.25, -0.2) is 4.79 Å². The van der Waals surface area contributed by atoms with Gasteiger partial charge in [0.25, 0.3) is 5.91 Å². The molecule has 0 aromatic heterocycles. The number of carbonyl (C=O) groups is 2. The number of benzene rings is 5. The van der Waals surface area contributed by atoms with E-state index in [1.165, 1.54) is 0 Å². The molecule has 6 rings (SSSR count). The number of hydrogen-bond acceptors (Lipinski definition) is 4. The van der Waals surface area contributed by atoms with Crippen LogP contribution < -0.4 is 14.8 Å². The van der Waals surface area contributed by atoms with Crippen molar-refractivity contribution in [2.45, 2.75) is 17.9 Å². The Labute approximate surface area is 227 Å². The zero-order valence-corrected chi connectivity index (χ0v) is 21.5. The van der Waals surface area contributed by atoms with Gasteiger partial charge in [-0.1, -0.05) is 97.1 Å². The second-order valence-corrected chi connectivity index (χ2v) is 9.75. The Morgan fingerprint density at radius 2 is 1.49 bits per heavy atom. The predicted molar refractivity (Wildman–Crippen MR) is 151 cm³/mol. The highest BCUT2D eigenvalue weighted by atomic mass is 16.5. The molecule has 0 bridgehead atoms. The average molecular weight is 514 g/mol. The van der Waals surface area contributed by atoms with E-state index in [2.05, 4.69) is 5.32 Å². The molecule has 5 aromatic carbocycles. The minimum absolute atomic E-state index is 0.250. The molecule has 1 amide bonds. The molecule has 0 aliphatic carbocycles. The van der Waals surface area contributed by atoms with Crippen molar-refractivity contribution in [3.05, 3.63) is 144 Å². The van der Waals surface area contributed by atoms with Crippen LogP contribution in [-0.2, 0) is 11.2 Å². The fraction of sp³-hybridized carbons (Fsp3) is 0.118. The molecule has 5 heteroatoms. The van der Waals surface area contributed by atoms with Crippen LogP contribution in [0, 0.1) is 0 Å². The highest BCUT2D eigenvalue weighted by molar-refractivity contribution is 6.02. The van der Waals surface area contributed by atoms with E-state index in [9.17, 15) is 9.59 Å². The van der Waals surface area contributed by atoms with Gasteiger partial charge in [0.2, 0.25) is 0 Å². The smallest absolute Gasteiger partial charge is 0.338 e. The number of carbonyl (C=O) groups excluding carboxylic acids is 2. The van der Waals surface area contributed by atoms with Crippen LogP contribution in [0.2, 0.25) is 0 Å². The summed E-state index contributed by atoms with van der Waals surface area (Å²) in [5.41, 5.74) is 1.69. The highest BCUT2D eigenvalue weighted by Gasteiger charge is 2.54. The third-order valence-corrected chi connectivity index (χ3v) is 7.42. The molecule has 0 fully saturated rings. The summed E-state index contributed by atoms with van der Waals surface area (Å²) >= 11 is 0. The van der Waals surface area contributed by atoms with Crippen LogP contribution in [0.15, 0.2) is 121 Å². The molecule has 5 aromatic rings. The topological polar surface area (TPSA) is 64.6 Å². The third kappa shape index (κ3) is 4.42. The van der Waals surface area contributed by atoms with Gasteiger partial charge < -0.3 is 14.8 Å². The molecule has 2 atom stereocenters. The largest absolute Gasteiger partial charge is 0.497 e. The molecule has 0 saturated carbocycles. The van der Waals surface area contributed by atoms with Crippen molar-refractivity contribution >= 4 is 22.6 Å². The Hall–Kier alpha value is -4.90. The number of rotatable bonds is 6. The zero-order valence-electron chi connectivity index (χ0n) is 21.5. The summed E-state index contributed by atoms with van der Waals surface area (Å²) in [5, 5.41) is 5.01. The monoisotopic (exact) mass is 513 g/mol. The third-order valence-electron chi connectivity index (χ3n) is 7.42. The summed E-state index contributed by atoms with van der Waals surface area (Å²) in [6.07, 6.45) is 0.250. The molecule has 192 valence electrons. The lowest BCUT2D eigenvalue weighted by Gasteiger charge is -2.44. The number of hydrogen-bond donors (Lipinski definition) is 1. The molecule has 5 nitrogen and oxygen atoms in total. The number of fused-ring (bicyclic) bond motifs is 3. The van der Waals surface area contributed by atoms with E-state index < -0.39 is 17.4 Å². The summed E-state index contributed by atoms with van der Waals surface area (Å²) < 4.78 is 11.4. The molecule has 1 aliphatic heterocycles. The van der Waals surface area contributed by atoms with Crippen LogP contribution in [0.1, 0.15) is 33.0 Å². The second kappa shape index (κ2) is 10.1. The molecule has 39 heavy (non-hydrogen) atoms. The maximum atomic E-state index is 14.3. The first kappa shape index (κ1) is 24.4. The maximum absolute atomic E-state index is 14.3. The van der Waals surface area contributed by atoms with E-state index in [0.29, 0.717) is 17.1 Å². The van der Waals surface area contributed by atoms with E-state index in [1.54, 1.807) is 31.4 Å². The first-order valence-corrected chi connectivity index (χ1v) is 12.9. The molecule has 0 saturated heterocycles. The minimum Gasteiger partial charge on any atom is -0.497 e. The predicted octanol–water partition coefficient (Wildman–Crippen LogP) is 6.31. The number of methoxy groups -OCH3 is 1. The van der Waals surface area contributed by atoms with Gasteiger partial charge in [0, 0.05) is 28.9 Å². The molecule has 0 radical (unpaired) electrons. The Balaban J connectivity index is 1.56. The lowest BCUT2D eigenvalue weighted by Crippen LogP contribution is -2.63. The summed E-state index contributed by atoms with van der Waals surface area (Å²) in [6, 6.07) is 38.3. The number of amides is 1. The minimum atomic E-state index is -1.41. The Kier molecular flexibility index (Phi) is 6.33. The van der Waals surface area contributed by atoms with Crippen LogP contribution >= 0.6 is 0 Å². The number of nitrogens with one attached hydrogen (secondary N) is 1. The molecular weight excluding hydrogens is 486 g/mol. The van der Waals surface area contributed by atoms with Crippen molar-refractivity contribution in [2.24, 2.45) is 0 Å². The van der Waals surface area contributed by atoms with Crippen LogP contribution in [0.25, 0.3) is 10.8 Å². The van der Waals surface area contributed by atoms with Crippen molar-refractivity contribution in [3.63, 3.8) is 0 Å². The standard InChI is InChI=1S/C34H27NO4/c1-38-27-19-16-26(17-20-27)32(36)35-34(22-23-10-4-2-5-11-23)30(25-13-6-3-7-14-25)29-21-18-24-12-8-9-15-28(24)31(29)39-33(34)37/h2-21,30H,22H2,1H3,(H,35,36)/t30-,34-/m0/s1. The SMILES string of the molecule is COc1ccc(C(=O)N[C@]2(Cc3ccccc3)C(=O)Oc3c(ccc4ccccc34)[C@@H]2c2ccccc2)cc1. The van der Waals surface area contributed by atoms with Crippen LogP contribution in [0.4, 0.5) is 0 Å². The van der Waals surface area contributed by atoms with E-state index in [-0.39, 0.29) is 12.3 Å². The fourth-order valence-corrected chi connectivity index (χ4v) is 5.55. The van der Waals surface area contributed by atoms with Crippen molar-refractivity contribution in [2.75, 3.05) is 7.11 Å². The zero-order chi connectivity index (χ0) is 26.8. The first-order chi connectivity index (χ1) is 19.1. The number of ether oxygens (including phenoxy) is 2.